The highest BCUT2D eigenvalue weighted by Gasteiger charge is 2.26. The van der Waals surface area contributed by atoms with Crippen molar-refractivity contribution in [1.82, 2.24) is 0 Å². The standard InChI is InChI=1S/C15H12N2O/c1-9(2)13(8-16)17-14-10(3)11-6-4-5-7-12(11)15(14)18/h4-7H,1H2,2-3H3/b17-13-. The molecule has 0 saturated heterocycles. The summed E-state index contributed by atoms with van der Waals surface area (Å²) in [6.45, 7) is 7.22. The van der Waals surface area contributed by atoms with Crippen LogP contribution in [-0.4, -0.2) is 11.5 Å². The Bertz CT molecular complexity index is 657. The van der Waals surface area contributed by atoms with Crippen molar-refractivity contribution in [2.45, 2.75) is 13.8 Å². The van der Waals surface area contributed by atoms with Crippen LogP contribution in [-0.2, 0) is 0 Å². The van der Waals surface area contributed by atoms with Crippen LogP contribution in [0.25, 0.3) is 5.57 Å². The van der Waals surface area contributed by atoms with Gasteiger partial charge in [0.25, 0.3) is 0 Å². The van der Waals surface area contributed by atoms with Crippen molar-refractivity contribution < 1.29 is 4.79 Å². The van der Waals surface area contributed by atoms with Gasteiger partial charge in [-0.05, 0) is 30.6 Å². The lowest BCUT2D eigenvalue weighted by molar-refractivity contribution is 0.103. The molecule has 88 valence electrons. The van der Waals surface area contributed by atoms with E-state index in [1.165, 1.54) is 0 Å². The highest BCUT2D eigenvalue weighted by Crippen LogP contribution is 2.33. The monoisotopic (exact) mass is 236 g/mol. The lowest BCUT2D eigenvalue weighted by Crippen LogP contribution is -2.01. The summed E-state index contributed by atoms with van der Waals surface area (Å²) in [6, 6.07) is 9.32. The third kappa shape index (κ3) is 1.78. The van der Waals surface area contributed by atoms with Gasteiger partial charge in [-0.2, -0.15) is 5.26 Å². The topological polar surface area (TPSA) is 53.2 Å². The summed E-state index contributed by atoms with van der Waals surface area (Å²) >= 11 is 0. The molecular formula is C15H12N2O. The van der Waals surface area contributed by atoms with Gasteiger partial charge in [-0.1, -0.05) is 30.8 Å². The fraction of sp³-hybridized carbons (Fsp3) is 0.133. The van der Waals surface area contributed by atoms with Crippen molar-refractivity contribution in [2.24, 2.45) is 4.99 Å². The third-order valence-corrected chi connectivity index (χ3v) is 2.88. The second-order valence-electron chi connectivity index (χ2n) is 4.20. The van der Waals surface area contributed by atoms with E-state index < -0.39 is 0 Å². The molecule has 0 amide bonds. The zero-order chi connectivity index (χ0) is 13.3. The van der Waals surface area contributed by atoms with E-state index in [0.29, 0.717) is 16.8 Å². The van der Waals surface area contributed by atoms with E-state index in [9.17, 15) is 4.79 Å². The molecule has 0 radical (unpaired) electrons. The molecule has 0 unspecified atom stereocenters. The van der Waals surface area contributed by atoms with Crippen LogP contribution in [0, 0.1) is 11.3 Å². The number of ketones is 1. The molecule has 0 saturated carbocycles. The summed E-state index contributed by atoms with van der Waals surface area (Å²) < 4.78 is 0. The van der Waals surface area contributed by atoms with Crippen molar-refractivity contribution in [3.8, 4) is 6.07 Å². The fourth-order valence-electron chi connectivity index (χ4n) is 1.90. The van der Waals surface area contributed by atoms with Crippen LogP contribution in [0.3, 0.4) is 0 Å². The average molecular weight is 236 g/mol. The molecule has 0 fully saturated rings. The molecule has 3 nitrogen and oxygen atoms in total. The summed E-state index contributed by atoms with van der Waals surface area (Å²) in [7, 11) is 0. The van der Waals surface area contributed by atoms with E-state index in [2.05, 4.69) is 11.6 Å². The third-order valence-electron chi connectivity index (χ3n) is 2.88. The lowest BCUT2D eigenvalue weighted by atomic mass is 10.1. The SMILES string of the molecule is C=C(C)/C(C#N)=N\C1=C(C)c2ccccc2C1=O. The van der Waals surface area contributed by atoms with Gasteiger partial charge in [0.15, 0.2) is 0 Å². The van der Waals surface area contributed by atoms with Crippen LogP contribution in [0.5, 0.6) is 0 Å². The largest absolute Gasteiger partial charge is 0.287 e. The van der Waals surface area contributed by atoms with Crippen molar-refractivity contribution in [3.63, 3.8) is 0 Å². The summed E-state index contributed by atoms with van der Waals surface area (Å²) in [5.74, 6) is -0.128. The molecule has 0 heterocycles. The van der Waals surface area contributed by atoms with Crippen LogP contribution in [0.15, 0.2) is 47.1 Å². The van der Waals surface area contributed by atoms with Gasteiger partial charge in [0.05, 0.1) is 0 Å². The molecule has 0 aliphatic heterocycles. The number of rotatable bonds is 2. The van der Waals surface area contributed by atoms with E-state index in [1.807, 2.05) is 31.2 Å². The van der Waals surface area contributed by atoms with Crippen LogP contribution in [0.1, 0.15) is 29.8 Å². The van der Waals surface area contributed by atoms with E-state index >= 15 is 0 Å². The van der Waals surface area contributed by atoms with Crippen molar-refractivity contribution in [2.75, 3.05) is 0 Å². The Hall–Kier alpha value is -2.47. The van der Waals surface area contributed by atoms with E-state index in [1.54, 1.807) is 13.0 Å². The van der Waals surface area contributed by atoms with Gasteiger partial charge in [0, 0.05) is 5.56 Å². The Labute approximate surface area is 106 Å². The first-order valence-corrected chi connectivity index (χ1v) is 5.56. The minimum atomic E-state index is -0.128. The van der Waals surface area contributed by atoms with Gasteiger partial charge in [0.2, 0.25) is 5.78 Å². The van der Waals surface area contributed by atoms with Gasteiger partial charge in [-0.15, -0.1) is 0 Å². The Morgan fingerprint density at radius 1 is 1.33 bits per heavy atom. The first-order valence-electron chi connectivity index (χ1n) is 5.56. The molecule has 0 spiro atoms. The average Bonchev–Trinajstić information content (AvgIpc) is 2.60. The first-order chi connectivity index (χ1) is 8.56. The molecule has 1 aromatic rings. The highest BCUT2D eigenvalue weighted by molar-refractivity contribution is 6.23. The Morgan fingerprint density at radius 3 is 2.44 bits per heavy atom. The van der Waals surface area contributed by atoms with Crippen LogP contribution >= 0.6 is 0 Å². The second-order valence-corrected chi connectivity index (χ2v) is 4.20. The molecule has 0 atom stereocenters. The first kappa shape index (κ1) is 12.0. The number of fused-ring (bicyclic) bond motifs is 1. The molecule has 0 aromatic heterocycles. The van der Waals surface area contributed by atoms with Crippen molar-refractivity contribution >= 4 is 17.1 Å². The molecule has 0 N–H and O–H groups in total. The number of hydrogen-bond donors (Lipinski definition) is 0. The number of carbonyl (C=O) groups excluding carboxylic acids is 1. The van der Waals surface area contributed by atoms with E-state index in [0.717, 1.165) is 11.1 Å². The maximum absolute atomic E-state index is 12.2. The minimum absolute atomic E-state index is 0.128. The Balaban J connectivity index is 2.57. The summed E-state index contributed by atoms with van der Waals surface area (Å²) in [5, 5.41) is 8.97. The Morgan fingerprint density at radius 2 is 1.94 bits per heavy atom. The molecule has 1 aromatic carbocycles. The minimum Gasteiger partial charge on any atom is -0.287 e. The number of benzene rings is 1. The molecule has 0 bridgehead atoms. The molecular weight excluding hydrogens is 224 g/mol. The van der Waals surface area contributed by atoms with Gasteiger partial charge in [-0.25, -0.2) is 4.99 Å². The maximum Gasteiger partial charge on any atom is 0.212 e. The molecule has 3 heteroatoms. The van der Waals surface area contributed by atoms with Crippen molar-refractivity contribution in [1.29, 1.82) is 5.26 Å². The normalized spacial score (nSPS) is 14.5. The zero-order valence-electron chi connectivity index (χ0n) is 10.3. The molecule has 2 rings (SSSR count). The predicted octanol–water partition coefficient (Wildman–Crippen LogP) is 3.15. The van der Waals surface area contributed by atoms with Gasteiger partial charge in [0.1, 0.15) is 17.5 Å². The van der Waals surface area contributed by atoms with Crippen LogP contribution < -0.4 is 0 Å². The Kier molecular flexibility index (Phi) is 2.95. The lowest BCUT2D eigenvalue weighted by Gasteiger charge is -1.98. The number of aliphatic imine (C=N–C) groups is 1. The number of hydrogen-bond acceptors (Lipinski definition) is 3. The van der Waals surface area contributed by atoms with E-state index in [-0.39, 0.29) is 11.5 Å². The van der Waals surface area contributed by atoms with Gasteiger partial charge < -0.3 is 0 Å². The number of allylic oxidation sites excluding steroid dienone is 3. The number of nitriles is 1. The number of carbonyl (C=O) groups is 1. The molecule has 18 heavy (non-hydrogen) atoms. The number of nitrogens with zero attached hydrogens (tertiary/aromatic N) is 2. The predicted molar refractivity (Wildman–Crippen MR) is 71.2 cm³/mol. The summed E-state index contributed by atoms with van der Waals surface area (Å²) in [4.78, 5) is 16.3. The zero-order valence-corrected chi connectivity index (χ0v) is 10.3. The van der Waals surface area contributed by atoms with Gasteiger partial charge in [-0.3, -0.25) is 4.79 Å². The fourth-order valence-corrected chi connectivity index (χ4v) is 1.90. The van der Waals surface area contributed by atoms with Crippen LogP contribution in [0.4, 0.5) is 0 Å². The summed E-state index contributed by atoms with van der Waals surface area (Å²) in [6.07, 6.45) is 0. The van der Waals surface area contributed by atoms with Gasteiger partial charge >= 0.3 is 0 Å². The smallest absolute Gasteiger partial charge is 0.212 e. The second kappa shape index (κ2) is 4.42. The maximum atomic E-state index is 12.2. The summed E-state index contributed by atoms with van der Waals surface area (Å²) in [5.41, 5.74) is 3.44. The molecule has 1 aliphatic rings. The van der Waals surface area contributed by atoms with Crippen LogP contribution in [0.2, 0.25) is 0 Å². The highest BCUT2D eigenvalue weighted by atomic mass is 16.1. The van der Waals surface area contributed by atoms with Crippen molar-refractivity contribution in [3.05, 3.63) is 53.2 Å². The molecule has 1 aliphatic carbocycles. The van der Waals surface area contributed by atoms with E-state index in [4.69, 9.17) is 5.26 Å². The number of Topliss-reactive ketones (excluding diaryl/α,β-unsaturated/α-hetero) is 1. The quantitative estimate of drug-likeness (QED) is 0.740.